The van der Waals surface area contributed by atoms with Crippen molar-refractivity contribution in [2.24, 2.45) is 0 Å². The van der Waals surface area contributed by atoms with Gasteiger partial charge in [-0.3, -0.25) is 4.79 Å². The van der Waals surface area contributed by atoms with Crippen molar-refractivity contribution in [2.45, 2.75) is 25.8 Å². The zero-order chi connectivity index (χ0) is 10.6. The van der Waals surface area contributed by atoms with Crippen LogP contribution < -0.4 is 0 Å². The highest BCUT2D eigenvalue weighted by molar-refractivity contribution is 5.67. The van der Waals surface area contributed by atoms with Gasteiger partial charge in [0.05, 0.1) is 6.54 Å². The molecule has 5 heteroatoms. The molecule has 0 saturated carbocycles. The van der Waals surface area contributed by atoms with Crippen molar-refractivity contribution >= 4 is 5.97 Å². The monoisotopic (exact) mass is 203 g/mol. The summed E-state index contributed by atoms with van der Waals surface area (Å²) in [4.78, 5) is 10.2. The molecular weight excluding hydrogens is 192 g/mol. The molecule has 1 heterocycles. The van der Waals surface area contributed by atoms with Crippen molar-refractivity contribution in [2.75, 3.05) is 0 Å². The van der Waals surface area contributed by atoms with Gasteiger partial charge in [-0.15, -0.1) is 0 Å². The fourth-order valence-corrected chi connectivity index (χ4v) is 1.16. The van der Waals surface area contributed by atoms with E-state index in [1.165, 1.54) is 10.8 Å². The molecule has 0 atom stereocenters. The first-order valence-electron chi connectivity index (χ1n) is 4.22. The molecule has 0 fully saturated rings. The molecule has 0 aromatic carbocycles. The van der Waals surface area contributed by atoms with Crippen molar-refractivity contribution in [1.29, 1.82) is 0 Å². The largest absolute Gasteiger partial charge is 0.481 e. The summed E-state index contributed by atoms with van der Waals surface area (Å²) in [5, 5.41) is 8.40. The Hall–Kier alpha value is -1.39. The SMILES string of the molecule is O=C(O)CCc1ccn(CC(F)F)c1. The summed E-state index contributed by atoms with van der Waals surface area (Å²) >= 11 is 0. The van der Waals surface area contributed by atoms with Crippen molar-refractivity contribution in [3.63, 3.8) is 0 Å². The van der Waals surface area contributed by atoms with Gasteiger partial charge in [0, 0.05) is 18.8 Å². The third-order valence-corrected chi connectivity index (χ3v) is 1.79. The molecular formula is C9H11F2NO2. The van der Waals surface area contributed by atoms with E-state index in [1.54, 1.807) is 12.3 Å². The molecule has 0 aliphatic rings. The highest BCUT2D eigenvalue weighted by atomic mass is 19.3. The van der Waals surface area contributed by atoms with Crippen LogP contribution in [-0.2, 0) is 17.8 Å². The lowest BCUT2D eigenvalue weighted by Crippen LogP contribution is -2.03. The highest BCUT2D eigenvalue weighted by Crippen LogP contribution is 2.06. The Labute approximate surface area is 80.0 Å². The minimum absolute atomic E-state index is 0.0265. The predicted octanol–water partition coefficient (Wildman–Crippen LogP) is 1.77. The van der Waals surface area contributed by atoms with Crippen LogP contribution in [0, 0.1) is 0 Å². The molecule has 1 aromatic rings. The molecule has 0 radical (unpaired) electrons. The van der Waals surface area contributed by atoms with Gasteiger partial charge in [0.25, 0.3) is 6.43 Å². The quantitative estimate of drug-likeness (QED) is 0.792. The second kappa shape index (κ2) is 4.74. The standard InChI is InChI=1S/C9H11F2NO2/c10-8(11)6-12-4-3-7(5-12)1-2-9(13)14/h3-5,8H,1-2,6H2,(H,13,14). The van der Waals surface area contributed by atoms with E-state index in [-0.39, 0.29) is 13.0 Å². The number of carbonyl (C=O) groups is 1. The molecule has 0 amide bonds. The zero-order valence-corrected chi connectivity index (χ0v) is 7.49. The van der Waals surface area contributed by atoms with E-state index in [9.17, 15) is 13.6 Å². The number of rotatable bonds is 5. The van der Waals surface area contributed by atoms with Crippen LogP contribution >= 0.6 is 0 Å². The second-order valence-electron chi connectivity index (χ2n) is 3.00. The first-order valence-corrected chi connectivity index (χ1v) is 4.22. The van der Waals surface area contributed by atoms with Crippen LogP contribution in [0.1, 0.15) is 12.0 Å². The number of aryl methyl sites for hydroxylation is 1. The second-order valence-corrected chi connectivity index (χ2v) is 3.00. The minimum Gasteiger partial charge on any atom is -0.481 e. The van der Waals surface area contributed by atoms with Crippen LogP contribution in [0.25, 0.3) is 0 Å². The van der Waals surface area contributed by atoms with E-state index in [0.29, 0.717) is 6.42 Å². The lowest BCUT2D eigenvalue weighted by atomic mass is 10.2. The van der Waals surface area contributed by atoms with Crippen molar-refractivity contribution < 1.29 is 18.7 Å². The summed E-state index contributed by atoms with van der Waals surface area (Å²) in [5.74, 6) is -0.883. The fourth-order valence-electron chi connectivity index (χ4n) is 1.16. The molecule has 78 valence electrons. The maximum atomic E-state index is 11.9. The molecule has 0 spiro atoms. The fraction of sp³-hybridized carbons (Fsp3) is 0.444. The molecule has 0 saturated heterocycles. The van der Waals surface area contributed by atoms with Crippen molar-refractivity contribution in [3.05, 3.63) is 24.0 Å². The van der Waals surface area contributed by atoms with Crippen LogP contribution in [0.4, 0.5) is 8.78 Å². The van der Waals surface area contributed by atoms with E-state index >= 15 is 0 Å². The number of nitrogens with zero attached hydrogens (tertiary/aromatic N) is 1. The summed E-state index contributed by atoms with van der Waals surface area (Å²) in [6.07, 6.45) is 1.11. The molecule has 0 aliphatic heterocycles. The van der Waals surface area contributed by atoms with Gasteiger partial charge >= 0.3 is 5.97 Å². The Morgan fingerprint density at radius 3 is 2.86 bits per heavy atom. The van der Waals surface area contributed by atoms with Crippen molar-refractivity contribution in [3.8, 4) is 0 Å². The van der Waals surface area contributed by atoms with Gasteiger partial charge in [-0.1, -0.05) is 0 Å². The lowest BCUT2D eigenvalue weighted by Gasteiger charge is -1.99. The summed E-state index contributed by atoms with van der Waals surface area (Å²) < 4.78 is 25.2. The summed E-state index contributed by atoms with van der Waals surface area (Å²) in [6, 6.07) is 1.66. The number of alkyl halides is 2. The van der Waals surface area contributed by atoms with Crippen LogP contribution in [0.2, 0.25) is 0 Å². The summed E-state index contributed by atoms with van der Waals surface area (Å²) in [5.41, 5.74) is 0.771. The summed E-state index contributed by atoms with van der Waals surface area (Å²) in [6.45, 7) is -0.340. The Balaban J connectivity index is 2.46. The number of aliphatic carboxylic acids is 1. The lowest BCUT2D eigenvalue weighted by molar-refractivity contribution is -0.136. The Kier molecular flexibility index (Phi) is 3.62. The van der Waals surface area contributed by atoms with Crippen LogP contribution in [-0.4, -0.2) is 22.1 Å². The maximum absolute atomic E-state index is 11.9. The van der Waals surface area contributed by atoms with Crippen molar-refractivity contribution in [1.82, 2.24) is 4.57 Å². The third kappa shape index (κ3) is 3.55. The normalized spacial score (nSPS) is 10.8. The first-order chi connectivity index (χ1) is 6.58. The molecule has 0 bridgehead atoms. The number of aromatic nitrogens is 1. The number of carboxylic acid groups (broad SMARTS) is 1. The van der Waals surface area contributed by atoms with E-state index in [1.807, 2.05) is 0 Å². The number of halogens is 2. The number of hydrogen-bond acceptors (Lipinski definition) is 1. The summed E-state index contributed by atoms with van der Waals surface area (Å²) in [7, 11) is 0. The molecule has 14 heavy (non-hydrogen) atoms. The van der Waals surface area contributed by atoms with Gasteiger partial charge in [-0.05, 0) is 18.1 Å². The van der Waals surface area contributed by atoms with Crippen LogP contribution in [0.3, 0.4) is 0 Å². The zero-order valence-electron chi connectivity index (χ0n) is 7.49. The molecule has 3 nitrogen and oxygen atoms in total. The maximum Gasteiger partial charge on any atom is 0.303 e. The number of hydrogen-bond donors (Lipinski definition) is 1. The number of carboxylic acids is 1. The topological polar surface area (TPSA) is 42.2 Å². The van der Waals surface area contributed by atoms with Crippen LogP contribution in [0.5, 0.6) is 0 Å². The molecule has 1 aromatic heterocycles. The average Bonchev–Trinajstić information content (AvgIpc) is 2.47. The van der Waals surface area contributed by atoms with E-state index < -0.39 is 12.4 Å². The Morgan fingerprint density at radius 1 is 1.57 bits per heavy atom. The van der Waals surface area contributed by atoms with E-state index in [0.717, 1.165) is 5.56 Å². The van der Waals surface area contributed by atoms with Gasteiger partial charge < -0.3 is 9.67 Å². The highest BCUT2D eigenvalue weighted by Gasteiger charge is 2.05. The van der Waals surface area contributed by atoms with E-state index in [4.69, 9.17) is 5.11 Å². The van der Waals surface area contributed by atoms with Gasteiger partial charge in [0.1, 0.15) is 0 Å². The minimum atomic E-state index is -2.38. The third-order valence-electron chi connectivity index (χ3n) is 1.79. The van der Waals surface area contributed by atoms with E-state index in [2.05, 4.69) is 0 Å². The van der Waals surface area contributed by atoms with Crippen LogP contribution in [0.15, 0.2) is 18.5 Å². The predicted molar refractivity (Wildman–Crippen MR) is 46.4 cm³/mol. The van der Waals surface area contributed by atoms with Gasteiger partial charge in [0.15, 0.2) is 0 Å². The molecule has 0 aliphatic carbocycles. The molecule has 0 unspecified atom stereocenters. The Morgan fingerprint density at radius 2 is 2.29 bits per heavy atom. The first kappa shape index (κ1) is 10.7. The molecule has 1 N–H and O–H groups in total. The Bertz CT molecular complexity index is 310. The average molecular weight is 203 g/mol. The van der Waals surface area contributed by atoms with Gasteiger partial charge in [-0.25, -0.2) is 8.78 Å². The molecule has 1 rings (SSSR count). The van der Waals surface area contributed by atoms with Gasteiger partial charge in [-0.2, -0.15) is 0 Å². The van der Waals surface area contributed by atoms with Gasteiger partial charge in [0.2, 0.25) is 0 Å². The smallest absolute Gasteiger partial charge is 0.303 e.